The first-order valence-electron chi connectivity index (χ1n) is 7.76. The third-order valence-electron chi connectivity index (χ3n) is 3.50. The number of nitrogens with one attached hydrogen (secondary N) is 1. The lowest BCUT2D eigenvalue weighted by Gasteiger charge is -2.13. The minimum absolute atomic E-state index is 0.366. The molecular formula is C18H16FN3O3S. The van der Waals surface area contributed by atoms with Gasteiger partial charge in [0.15, 0.2) is 11.9 Å². The summed E-state index contributed by atoms with van der Waals surface area (Å²) in [6.07, 6.45) is -0.770. The highest BCUT2D eigenvalue weighted by molar-refractivity contribution is 7.10. The zero-order valence-electron chi connectivity index (χ0n) is 14.1. The molecule has 1 atom stereocenters. The zero-order chi connectivity index (χ0) is 18.5. The Morgan fingerprint density at radius 3 is 2.42 bits per heavy atom. The molecule has 134 valence electrons. The average Bonchev–Trinajstić information content (AvgIpc) is 3.12. The Bertz CT molecular complexity index is 881. The smallest absolute Gasteiger partial charge is 0.266 e. The maximum absolute atomic E-state index is 12.9. The van der Waals surface area contributed by atoms with E-state index in [1.807, 2.05) is 24.3 Å². The highest BCUT2D eigenvalue weighted by Gasteiger charge is 2.17. The summed E-state index contributed by atoms with van der Waals surface area (Å²) < 4.78 is 27.7. The van der Waals surface area contributed by atoms with Crippen LogP contribution < -0.4 is 14.8 Å². The molecule has 2 aromatic carbocycles. The van der Waals surface area contributed by atoms with Gasteiger partial charge in [-0.1, -0.05) is 0 Å². The first-order chi connectivity index (χ1) is 12.5. The molecule has 0 aliphatic carbocycles. The second-order valence-electron chi connectivity index (χ2n) is 5.35. The molecule has 1 N–H and O–H groups in total. The molecule has 8 heteroatoms. The lowest BCUT2D eigenvalue weighted by atomic mass is 10.2. The van der Waals surface area contributed by atoms with E-state index in [4.69, 9.17) is 9.47 Å². The van der Waals surface area contributed by atoms with Crippen LogP contribution in [0.5, 0.6) is 11.5 Å². The lowest BCUT2D eigenvalue weighted by molar-refractivity contribution is -0.122. The maximum atomic E-state index is 12.9. The first-order valence-corrected chi connectivity index (χ1v) is 8.53. The number of amides is 1. The van der Waals surface area contributed by atoms with Gasteiger partial charge in [0, 0.05) is 17.1 Å². The zero-order valence-corrected chi connectivity index (χ0v) is 14.9. The molecule has 1 amide bonds. The summed E-state index contributed by atoms with van der Waals surface area (Å²) in [4.78, 5) is 16.5. The van der Waals surface area contributed by atoms with Crippen molar-refractivity contribution in [2.75, 3.05) is 12.4 Å². The van der Waals surface area contributed by atoms with Gasteiger partial charge in [-0.15, -0.1) is 0 Å². The molecule has 0 aliphatic heterocycles. The number of nitrogens with zero attached hydrogens (tertiary/aromatic N) is 2. The molecule has 26 heavy (non-hydrogen) atoms. The molecule has 0 spiro atoms. The standard InChI is InChI=1S/C18H16FN3O3S/c1-11(25-15-9-5-13(19)6-10-15)17(23)21-18-20-16(22-26-18)12-3-7-14(24-2)8-4-12/h3-11H,1-2H3,(H,20,21,22,23)/t11-/m0/s1. The number of anilines is 1. The summed E-state index contributed by atoms with van der Waals surface area (Å²) in [7, 11) is 1.60. The molecule has 3 aromatic rings. The van der Waals surface area contributed by atoms with Crippen molar-refractivity contribution in [1.82, 2.24) is 9.36 Å². The van der Waals surface area contributed by atoms with Crippen molar-refractivity contribution in [3.8, 4) is 22.9 Å². The van der Waals surface area contributed by atoms with Crippen LogP contribution in [0.4, 0.5) is 9.52 Å². The molecule has 0 saturated heterocycles. The second kappa shape index (κ2) is 7.92. The number of carbonyl (C=O) groups excluding carboxylic acids is 1. The Labute approximate surface area is 153 Å². The van der Waals surface area contributed by atoms with Gasteiger partial charge in [-0.3, -0.25) is 10.1 Å². The van der Waals surface area contributed by atoms with E-state index in [1.54, 1.807) is 14.0 Å². The van der Waals surface area contributed by atoms with E-state index in [9.17, 15) is 9.18 Å². The van der Waals surface area contributed by atoms with Crippen LogP contribution in [0, 0.1) is 5.82 Å². The number of aromatic nitrogens is 2. The van der Waals surface area contributed by atoms with Crippen molar-refractivity contribution < 1.29 is 18.7 Å². The van der Waals surface area contributed by atoms with Crippen molar-refractivity contribution in [1.29, 1.82) is 0 Å². The van der Waals surface area contributed by atoms with E-state index in [-0.39, 0.29) is 11.7 Å². The van der Waals surface area contributed by atoms with Crippen molar-refractivity contribution in [3.63, 3.8) is 0 Å². The SMILES string of the molecule is COc1ccc(-c2nsc(NC(=O)[C@H](C)Oc3ccc(F)cc3)n2)cc1. The van der Waals surface area contributed by atoms with Crippen LogP contribution in [0.15, 0.2) is 48.5 Å². The van der Waals surface area contributed by atoms with E-state index < -0.39 is 6.10 Å². The van der Waals surface area contributed by atoms with Crippen LogP contribution >= 0.6 is 11.5 Å². The van der Waals surface area contributed by atoms with E-state index in [2.05, 4.69) is 14.7 Å². The fraction of sp³-hybridized carbons (Fsp3) is 0.167. The summed E-state index contributed by atoms with van der Waals surface area (Å²) >= 11 is 1.08. The predicted molar refractivity (Wildman–Crippen MR) is 97.0 cm³/mol. The largest absolute Gasteiger partial charge is 0.497 e. The summed E-state index contributed by atoms with van der Waals surface area (Å²) in [5, 5.41) is 3.04. The van der Waals surface area contributed by atoms with Gasteiger partial charge in [0.05, 0.1) is 7.11 Å². The molecule has 0 unspecified atom stereocenters. The van der Waals surface area contributed by atoms with Crippen LogP contribution in [0.1, 0.15) is 6.92 Å². The molecule has 1 heterocycles. The van der Waals surface area contributed by atoms with Gasteiger partial charge in [0.1, 0.15) is 17.3 Å². The molecule has 3 rings (SSSR count). The minimum atomic E-state index is -0.770. The molecule has 0 saturated carbocycles. The van der Waals surface area contributed by atoms with Gasteiger partial charge in [-0.05, 0) is 55.5 Å². The number of methoxy groups -OCH3 is 1. The van der Waals surface area contributed by atoms with Crippen LogP contribution in [-0.2, 0) is 4.79 Å². The van der Waals surface area contributed by atoms with E-state index in [1.165, 1.54) is 24.3 Å². The molecule has 0 aliphatic rings. The molecule has 6 nitrogen and oxygen atoms in total. The monoisotopic (exact) mass is 373 g/mol. The van der Waals surface area contributed by atoms with E-state index >= 15 is 0 Å². The Kier molecular flexibility index (Phi) is 5.43. The minimum Gasteiger partial charge on any atom is -0.497 e. The normalized spacial score (nSPS) is 11.7. The summed E-state index contributed by atoms with van der Waals surface area (Å²) in [6, 6.07) is 12.8. The Morgan fingerprint density at radius 1 is 1.12 bits per heavy atom. The number of hydrogen-bond donors (Lipinski definition) is 1. The van der Waals surface area contributed by atoms with Crippen LogP contribution in [0.25, 0.3) is 11.4 Å². The molecular weight excluding hydrogens is 357 g/mol. The van der Waals surface area contributed by atoms with Gasteiger partial charge in [0.25, 0.3) is 5.91 Å². The van der Waals surface area contributed by atoms with Crippen molar-refractivity contribution in [3.05, 3.63) is 54.3 Å². The fourth-order valence-corrected chi connectivity index (χ4v) is 2.70. The van der Waals surface area contributed by atoms with Gasteiger partial charge in [-0.25, -0.2) is 4.39 Å². The van der Waals surface area contributed by atoms with Crippen LogP contribution in [-0.4, -0.2) is 28.5 Å². The molecule has 0 radical (unpaired) electrons. The molecule has 0 fully saturated rings. The molecule has 1 aromatic heterocycles. The summed E-state index contributed by atoms with van der Waals surface area (Å²) in [5.41, 5.74) is 0.818. The van der Waals surface area contributed by atoms with Crippen molar-refractivity contribution in [2.45, 2.75) is 13.0 Å². The average molecular weight is 373 g/mol. The van der Waals surface area contributed by atoms with Crippen LogP contribution in [0.3, 0.4) is 0 Å². The number of hydrogen-bond acceptors (Lipinski definition) is 6. The first kappa shape index (κ1) is 17.8. The Hall–Kier alpha value is -3.00. The van der Waals surface area contributed by atoms with E-state index in [0.29, 0.717) is 16.7 Å². The third-order valence-corrected chi connectivity index (χ3v) is 4.13. The summed E-state index contributed by atoms with van der Waals surface area (Å²) in [5.74, 6) is 0.927. The van der Waals surface area contributed by atoms with Gasteiger partial charge in [0.2, 0.25) is 5.13 Å². The quantitative estimate of drug-likeness (QED) is 0.712. The Balaban J connectivity index is 1.62. The van der Waals surface area contributed by atoms with E-state index in [0.717, 1.165) is 22.8 Å². The van der Waals surface area contributed by atoms with Crippen molar-refractivity contribution in [2.24, 2.45) is 0 Å². The topological polar surface area (TPSA) is 73.3 Å². The fourth-order valence-electron chi connectivity index (χ4n) is 2.11. The van der Waals surface area contributed by atoms with Gasteiger partial charge >= 0.3 is 0 Å². The highest BCUT2D eigenvalue weighted by Crippen LogP contribution is 2.23. The van der Waals surface area contributed by atoms with Gasteiger partial charge < -0.3 is 9.47 Å². The summed E-state index contributed by atoms with van der Waals surface area (Å²) in [6.45, 7) is 1.60. The third kappa shape index (κ3) is 4.34. The highest BCUT2D eigenvalue weighted by atomic mass is 32.1. The number of carbonyl (C=O) groups is 1. The number of ether oxygens (including phenoxy) is 2. The number of rotatable bonds is 6. The van der Waals surface area contributed by atoms with Crippen LogP contribution in [0.2, 0.25) is 0 Å². The van der Waals surface area contributed by atoms with Gasteiger partial charge in [-0.2, -0.15) is 9.36 Å². The predicted octanol–water partition coefficient (Wildman–Crippen LogP) is 3.76. The second-order valence-corrected chi connectivity index (χ2v) is 6.11. The molecule has 0 bridgehead atoms. The Morgan fingerprint density at radius 2 is 1.77 bits per heavy atom. The lowest BCUT2D eigenvalue weighted by Crippen LogP contribution is -2.30. The maximum Gasteiger partial charge on any atom is 0.266 e. The number of halogens is 1. The van der Waals surface area contributed by atoms with Crippen molar-refractivity contribution >= 4 is 22.6 Å². The number of benzene rings is 2.